The monoisotopic (exact) mass is 277 g/mol. The van der Waals surface area contributed by atoms with Gasteiger partial charge in [0, 0.05) is 13.1 Å². The minimum absolute atomic E-state index is 0.717. The summed E-state index contributed by atoms with van der Waals surface area (Å²) in [6.07, 6.45) is 7.54. The van der Waals surface area contributed by atoms with Crippen molar-refractivity contribution in [3.63, 3.8) is 0 Å². The van der Waals surface area contributed by atoms with Crippen LogP contribution in [-0.4, -0.2) is 25.6 Å². The van der Waals surface area contributed by atoms with Gasteiger partial charge in [-0.3, -0.25) is 0 Å². The van der Waals surface area contributed by atoms with Crippen molar-refractivity contribution in [3.05, 3.63) is 34.9 Å². The summed E-state index contributed by atoms with van der Waals surface area (Å²) in [6, 6.07) is 0. The molecule has 0 aliphatic heterocycles. The van der Waals surface area contributed by atoms with E-state index in [1.165, 1.54) is 16.7 Å². The molecule has 2 N–H and O–H groups in total. The molecule has 0 saturated carbocycles. The summed E-state index contributed by atoms with van der Waals surface area (Å²) in [6.45, 7) is 15.1. The molecule has 0 saturated heterocycles. The molecule has 3 heteroatoms. The third kappa shape index (κ3) is 12.9. The summed E-state index contributed by atoms with van der Waals surface area (Å²) in [7, 11) is 0. The van der Waals surface area contributed by atoms with Crippen molar-refractivity contribution in [2.75, 3.05) is 19.6 Å². The van der Waals surface area contributed by atoms with Crippen LogP contribution in [0.3, 0.4) is 0 Å². The van der Waals surface area contributed by atoms with Crippen molar-refractivity contribution in [1.29, 1.82) is 0 Å². The van der Waals surface area contributed by atoms with Crippen molar-refractivity contribution in [1.82, 2.24) is 10.6 Å². The van der Waals surface area contributed by atoms with Gasteiger partial charge in [0.25, 0.3) is 0 Å². The predicted molar refractivity (Wildman–Crippen MR) is 91.2 cm³/mol. The van der Waals surface area contributed by atoms with Crippen LogP contribution in [0, 0.1) is 0 Å². The second kappa shape index (κ2) is 11.3. The topological polar surface area (TPSA) is 36.4 Å². The highest BCUT2D eigenvalue weighted by atomic mass is 15.2. The molecule has 0 aromatic heterocycles. The van der Waals surface area contributed by atoms with E-state index in [9.17, 15) is 0 Å². The van der Waals surface area contributed by atoms with Crippen molar-refractivity contribution >= 4 is 5.96 Å². The SMILES string of the molecule is CC(C)=CCCNC(=NCC=C(C)C)NCC=C(C)C. The van der Waals surface area contributed by atoms with Gasteiger partial charge in [0.15, 0.2) is 5.96 Å². The van der Waals surface area contributed by atoms with Crippen LogP contribution in [0.4, 0.5) is 0 Å². The first-order valence-corrected chi connectivity index (χ1v) is 7.34. The molecule has 0 aromatic rings. The van der Waals surface area contributed by atoms with E-state index in [-0.39, 0.29) is 0 Å². The standard InChI is InChI=1S/C17H31N3/c1-14(2)8-7-11-18-17(19-12-9-15(3)4)20-13-10-16(5)6/h8-10H,7,11-13H2,1-6H3,(H2,18,19,20). The highest BCUT2D eigenvalue weighted by molar-refractivity contribution is 5.80. The zero-order valence-corrected chi connectivity index (χ0v) is 14.0. The van der Waals surface area contributed by atoms with Crippen molar-refractivity contribution in [3.8, 4) is 0 Å². The summed E-state index contributed by atoms with van der Waals surface area (Å²) < 4.78 is 0. The largest absolute Gasteiger partial charge is 0.356 e. The van der Waals surface area contributed by atoms with Crippen LogP contribution in [0.15, 0.2) is 39.9 Å². The normalized spacial score (nSPS) is 10.6. The number of allylic oxidation sites excluding steroid dienone is 3. The Morgan fingerprint density at radius 2 is 1.40 bits per heavy atom. The molecule has 0 radical (unpaired) electrons. The van der Waals surface area contributed by atoms with E-state index in [0.29, 0.717) is 0 Å². The molecule has 0 bridgehead atoms. The lowest BCUT2D eigenvalue weighted by molar-refractivity contribution is 0.827. The van der Waals surface area contributed by atoms with Crippen LogP contribution in [0.2, 0.25) is 0 Å². The molecule has 0 unspecified atom stereocenters. The molecule has 0 amide bonds. The molecule has 0 atom stereocenters. The summed E-state index contributed by atoms with van der Waals surface area (Å²) in [5.74, 6) is 0.877. The Bertz CT molecular complexity index is 375. The third-order valence-corrected chi connectivity index (χ3v) is 2.52. The van der Waals surface area contributed by atoms with Crippen molar-refractivity contribution in [2.24, 2.45) is 4.99 Å². The molecule has 0 spiro atoms. The zero-order chi connectivity index (χ0) is 15.4. The average Bonchev–Trinajstić information content (AvgIpc) is 2.32. The number of guanidine groups is 1. The second-order valence-corrected chi connectivity index (χ2v) is 5.63. The smallest absolute Gasteiger partial charge is 0.191 e. The van der Waals surface area contributed by atoms with E-state index in [1.807, 2.05) is 0 Å². The Morgan fingerprint density at radius 3 is 1.95 bits per heavy atom. The van der Waals surface area contributed by atoms with E-state index in [2.05, 4.69) is 75.4 Å². The van der Waals surface area contributed by atoms with Gasteiger partial charge in [0.1, 0.15) is 0 Å². The summed E-state index contributed by atoms with van der Waals surface area (Å²) in [5, 5.41) is 6.68. The van der Waals surface area contributed by atoms with Gasteiger partial charge >= 0.3 is 0 Å². The second-order valence-electron chi connectivity index (χ2n) is 5.63. The lowest BCUT2D eigenvalue weighted by atomic mass is 10.3. The van der Waals surface area contributed by atoms with Gasteiger partial charge in [0.05, 0.1) is 6.54 Å². The molecular formula is C17H31N3. The number of nitrogens with zero attached hydrogens (tertiary/aromatic N) is 1. The summed E-state index contributed by atoms with van der Waals surface area (Å²) in [4.78, 5) is 4.55. The van der Waals surface area contributed by atoms with Crippen LogP contribution >= 0.6 is 0 Å². The quantitative estimate of drug-likeness (QED) is 0.321. The molecule has 0 aliphatic carbocycles. The van der Waals surface area contributed by atoms with Crippen LogP contribution in [0.1, 0.15) is 48.0 Å². The van der Waals surface area contributed by atoms with Crippen molar-refractivity contribution < 1.29 is 0 Å². The lowest BCUT2D eigenvalue weighted by Crippen LogP contribution is -2.38. The van der Waals surface area contributed by atoms with E-state index in [4.69, 9.17) is 0 Å². The molecule has 0 rings (SSSR count). The van der Waals surface area contributed by atoms with Gasteiger partial charge < -0.3 is 10.6 Å². The first kappa shape index (κ1) is 18.5. The lowest BCUT2D eigenvalue weighted by Gasteiger charge is -2.10. The molecule has 114 valence electrons. The predicted octanol–water partition coefficient (Wildman–Crippen LogP) is 3.81. The fourth-order valence-electron chi connectivity index (χ4n) is 1.40. The van der Waals surface area contributed by atoms with Crippen LogP contribution in [0.25, 0.3) is 0 Å². The molecule has 0 aliphatic rings. The Balaban J connectivity index is 4.34. The van der Waals surface area contributed by atoms with Gasteiger partial charge in [-0.05, 0) is 48.0 Å². The Hall–Kier alpha value is -1.51. The fourth-order valence-corrected chi connectivity index (χ4v) is 1.40. The minimum atomic E-state index is 0.717. The molecule has 3 nitrogen and oxygen atoms in total. The Morgan fingerprint density at radius 1 is 0.800 bits per heavy atom. The fraction of sp³-hybridized carbons (Fsp3) is 0.588. The Labute approximate surface area is 125 Å². The van der Waals surface area contributed by atoms with Gasteiger partial charge in [-0.2, -0.15) is 0 Å². The van der Waals surface area contributed by atoms with E-state index < -0.39 is 0 Å². The summed E-state index contributed by atoms with van der Waals surface area (Å²) in [5.41, 5.74) is 3.96. The minimum Gasteiger partial charge on any atom is -0.356 e. The van der Waals surface area contributed by atoms with Crippen LogP contribution in [-0.2, 0) is 0 Å². The molecule has 0 fully saturated rings. The third-order valence-electron chi connectivity index (χ3n) is 2.52. The maximum atomic E-state index is 4.55. The average molecular weight is 277 g/mol. The van der Waals surface area contributed by atoms with E-state index >= 15 is 0 Å². The number of aliphatic imine (C=N–C) groups is 1. The highest BCUT2D eigenvalue weighted by Crippen LogP contribution is 1.92. The first-order chi connectivity index (χ1) is 9.41. The first-order valence-electron chi connectivity index (χ1n) is 7.34. The highest BCUT2D eigenvalue weighted by Gasteiger charge is 1.95. The van der Waals surface area contributed by atoms with E-state index in [0.717, 1.165) is 32.0 Å². The van der Waals surface area contributed by atoms with Gasteiger partial charge in [-0.1, -0.05) is 34.9 Å². The maximum absolute atomic E-state index is 4.55. The molecule has 0 heterocycles. The number of hydrogen-bond donors (Lipinski definition) is 2. The number of hydrogen-bond acceptors (Lipinski definition) is 1. The van der Waals surface area contributed by atoms with Crippen LogP contribution in [0.5, 0.6) is 0 Å². The molecule has 0 aromatic carbocycles. The van der Waals surface area contributed by atoms with Gasteiger partial charge in [-0.25, -0.2) is 4.99 Å². The number of nitrogens with one attached hydrogen (secondary N) is 2. The maximum Gasteiger partial charge on any atom is 0.191 e. The Kier molecular flexibility index (Phi) is 10.5. The molecule has 20 heavy (non-hydrogen) atoms. The zero-order valence-electron chi connectivity index (χ0n) is 14.0. The van der Waals surface area contributed by atoms with Crippen LogP contribution < -0.4 is 10.6 Å². The van der Waals surface area contributed by atoms with Crippen molar-refractivity contribution in [2.45, 2.75) is 48.0 Å². The summed E-state index contributed by atoms with van der Waals surface area (Å²) >= 11 is 0. The number of rotatable bonds is 7. The van der Waals surface area contributed by atoms with Gasteiger partial charge in [0.2, 0.25) is 0 Å². The van der Waals surface area contributed by atoms with E-state index in [1.54, 1.807) is 0 Å². The molecular weight excluding hydrogens is 246 g/mol. The van der Waals surface area contributed by atoms with Gasteiger partial charge in [-0.15, -0.1) is 0 Å².